The highest BCUT2D eigenvalue weighted by molar-refractivity contribution is 6.07. The molecule has 2 heterocycles. The second-order valence-corrected chi connectivity index (χ2v) is 3.21. The molecular formula is C11H11N3O3. The van der Waals surface area contributed by atoms with Crippen LogP contribution >= 0.6 is 0 Å². The molecule has 88 valence electrons. The Hall–Kier alpha value is -2.21. The lowest BCUT2D eigenvalue weighted by molar-refractivity contribution is 0.0998. The van der Waals surface area contributed by atoms with Crippen LogP contribution in [0.3, 0.4) is 0 Å². The SMILES string of the molecule is COc1nccnc1C(=O)c1ccc(CN)o1. The summed E-state index contributed by atoms with van der Waals surface area (Å²) in [5.74, 6) is 0.498. The zero-order valence-corrected chi connectivity index (χ0v) is 9.21. The molecule has 0 amide bonds. The van der Waals surface area contributed by atoms with E-state index in [0.29, 0.717) is 5.76 Å². The first-order valence-corrected chi connectivity index (χ1v) is 4.94. The Labute approximate surface area is 97.4 Å². The Balaban J connectivity index is 2.36. The highest BCUT2D eigenvalue weighted by atomic mass is 16.5. The second-order valence-electron chi connectivity index (χ2n) is 3.21. The summed E-state index contributed by atoms with van der Waals surface area (Å²) in [6.45, 7) is 0.241. The molecule has 0 aromatic carbocycles. The van der Waals surface area contributed by atoms with Crippen molar-refractivity contribution in [1.82, 2.24) is 9.97 Å². The number of ether oxygens (including phenoxy) is 1. The minimum absolute atomic E-state index is 0.118. The van der Waals surface area contributed by atoms with Gasteiger partial charge in [0.25, 0.3) is 5.78 Å². The Bertz CT molecular complexity index is 536. The molecule has 0 saturated carbocycles. The van der Waals surface area contributed by atoms with Gasteiger partial charge in [0.1, 0.15) is 5.76 Å². The molecule has 2 N–H and O–H groups in total. The first-order chi connectivity index (χ1) is 8.26. The third-order valence-corrected chi connectivity index (χ3v) is 2.16. The number of rotatable bonds is 4. The van der Waals surface area contributed by atoms with Crippen molar-refractivity contribution in [1.29, 1.82) is 0 Å². The van der Waals surface area contributed by atoms with E-state index in [1.807, 2.05) is 0 Å². The van der Waals surface area contributed by atoms with Gasteiger partial charge < -0.3 is 14.9 Å². The summed E-state index contributed by atoms with van der Waals surface area (Å²) in [6, 6.07) is 3.20. The van der Waals surface area contributed by atoms with Crippen molar-refractivity contribution in [3.8, 4) is 5.88 Å². The number of furan rings is 1. The Kier molecular flexibility index (Phi) is 3.15. The lowest BCUT2D eigenvalue weighted by Gasteiger charge is -2.02. The minimum Gasteiger partial charge on any atom is -0.479 e. The van der Waals surface area contributed by atoms with Crippen molar-refractivity contribution in [2.75, 3.05) is 7.11 Å². The maximum atomic E-state index is 12.0. The maximum Gasteiger partial charge on any atom is 0.252 e. The lowest BCUT2D eigenvalue weighted by Crippen LogP contribution is -2.06. The van der Waals surface area contributed by atoms with Crippen LogP contribution in [0.15, 0.2) is 28.9 Å². The van der Waals surface area contributed by atoms with Crippen LogP contribution in [0.5, 0.6) is 5.88 Å². The third-order valence-electron chi connectivity index (χ3n) is 2.16. The van der Waals surface area contributed by atoms with Crippen molar-refractivity contribution in [3.05, 3.63) is 41.7 Å². The smallest absolute Gasteiger partial charge is 0.252 e. The average molecular weight is 233 g/mol. The number of aromatic nitrogens is 2. The molecule has 0 aliphatic rings. The van der Waals surface area contributed by atoms with Crippen LogP contribution in [0.4, 0.5) is 0 Å². The van der Waals surface area contributed by atoms with Crippen LogP contribution in [-0.2, 0) is 6.54 Å². The normalized spacial score (nSPS) is 10.2. The van der Waals surface area contributed by atoms with Crippen LogP contribution in [0, 0.1) is 0 Å². The molecule has 0 radical (unpaired) electrons. The lowest BCUT2D eigenvalue weighted by atomic mass is 10.2. The number of ketones is 1. The Morgan fingerprint density at radius 1 is 1.41 bits per heavy atom. The van der Waals surface area contributed by atoms with E-state index in [1.165, 1.54) is 19.5 Å². The molecule has 0 saturated heterocycles. The van der Waals surface area contributed by atoms with Gasteiger partial charge in [-0.05, 0) is 12.1 Å². The fourth-order valence-corrected chi connectivity index (χ4v) is 1.36. The molecule has 2 aromatic heterocycles. The van der Waals surface area contributed by atoms with Crippen molar-refractivity contribution in [3.63, 3.8) is 0 Å². The third kappa shape index (κ3) is 2.16. The zero-order valence-electron chi connectivity index (χ0n) is 9.21. The molecule has 0 unspecified atom stereocenters. The van der Waals surface area contributed by atoms with Crippen molar-refractivity contribution in [2.24, 2.45) is 5.73 Å². The largest absolute Gasteiger partial charge is 0.479 e. The maximum absolute atomic E-state index is 12.0. The molecule has 0 atom stereocenters. The van der Waals surface area contributed by atoms with Crippen LogP contribution < -0.4 is 10.5 Å². The van der Waals surface area contributed by atoms with Gasteiger partial charge in [-0.2, -0.15) is 0 Å². The molecule has 6 nitrogen and oxygen atoms in total. The van der Waals surface area contributed by atoms with Gasteiger partial charge in [-0.3, -0.25) is 4.79 Å². The molecule has 0 aliphatic carbocycles. The molecule has 0 spiro atoms. The summed E-state index contributed by atoms with van der Waals surface area (Å²) >= 11 is 0. The number of carbonyl (C=O) groups excluding carboxylic acids is 1. The summed E-state index contributed by atoms with van der Waals surface area (Å²) in [5, 5.41) is 0. The van der Waals surface area contributed by atoms with E-state index < -0.39 is 0 Å². The van der Waals surface area contributed by atoms with E-state index >= 15 is 0 Å². The van der Waals surface area contributed by atoms with Gasteiger partial charge in [0, 0.05) is 12.4 Å². The second kappa shape index (κ2) is 4.75. The molecule has 0 bridgehead atoms. The van der Waals surface area contributed by atoms with Gasteiger partial charge in [-0.1, -0.05) is 0 Å². The number of methoxy groups -OCH3 is 1. The number of nitrogens with two attached hydrogens (primary N) is 1. The van der Waals surface area contributed by atoms with Gasteiger partial charge in [0.05, 0.1) is 13.7 Å². The molecular weight excluding hydrogens is 222 g/mol. The van der Waals surface area contributed by atoms with Crippen LogP contribution in [0.25, 0.3) is 0 Å². The van der Waals surface area contributed by atoms with Crippen molar-refractivity contribution < 1.29 is 13.9 Å². The highest BCUT2D eigenvalue weighted by Gasteiger charge is 2.20. The van der Waals surface area contributed by atoms with E-state index in [2.05, 4.69) is 9.97 Å². The summed E-state index contributed by atoms with van der Waals surface area (Å²) in [7, 11) is 1.42. The van der Waals surface area contributed by atoms with Crippen LogP contribution in [-0.4, -0.2) is 22.9 Å². The van der Waals surface area contributed by atoms with E-state index in [9.17, 15) is 4.79 Å². The first kappa shape index (κ1) is 11.3. The standard InChI is InChI=1S/C11H11N3O3/c1-16-11-9(13-4-5-14-11)10(15)8-3-2-7(6-12)17-8/h2-5H,6,12H2,1H3. The zero-order chi connectivity index (χ0) is 12.3. The van der Waals surface area contributed by atoms with Crippen molar-refractivity contribution in [2.45, 2.75) is 6.54 Å². The quantitative estimate of drug-likeness (QED) is 0.784. The first-order valence-electron chi connectivity index (χ1n) is 4.94. The van der Waals surface area contributed by atoms with Crippen molar-refractivity contribution >= 4 is 5.78 Å². The van der Waals surface area contributed by atoms with E-state index in [4.69, 9.17) is 14.9 Å². The molecule has 17 heavy (non-hydrogen) atoms. The fourth-order valence-electron chi connectivity index (χ4n) is 1.36. The summed E-state index contributed by atoms with van der Waals surface area (Å²) in [6.07, 6.45) is 2.87. The van der Waals surface area contributed by atoms with E-state index in [-0.39, 0.29) is 29.7 Å². The van der Waals surface area contributed by atoms with Crippen LogP contribution in [0.2, 0.25) is 0 Å². The van der Waals surface area contributed by atoms with Gasteiger partial charge in [0.15, 0.2) is 11.5 Å². The molecule has 0 aliphatic heterocycles. The number of hydrogen-bond acceptors (Lipinski definition) is 6. The van der Waals surface area contributed by atoms with E-state index in [0.717, 1.165) is 0 Å². The highest BCUT2D eigenvalue weighted by Crippen LogP contribution is 2.17. The topological polar surface area (TPSA) is 91.2 Å². The Morgan fingerprint density at radius 2 is 2.18 bits per heavy atom. The molecule has 2 rings (SSSR count). The predicted octanol–water partition coefficient (Wildman–Crippen LogP) is 0.768. The average Bonchev–Trinajstić information content (AvgIpc) is 2.86. The van der Waals surface area contributed by atoms with Gasteiger partial charge >= 0.3 is 0 Å². The molecule has 2 aromatic rings. The summed E-state index contributed by atoms with van der Waals surface area (Å²) < 4.78 is 10.2. The number of carbonyl (C=O) groups is 1. The predicted molar refractivity (Wildman–Crippen MR) is 58.6 cm³/mol. The van der Waals surface area contributed by atoms with Gasteiger partial charge in [-0.15, -0.1) is 0 Å². The molecule has 0 fully saturated rings. The van der Waals surface area contributed by atoms with Gasteiger partial charge in [0.2, 0.25) is 5.88 Å². The van der Waals surface area contributed by atoms with E-state index in [1.54, 1.807) is 12.1 Å². The summed E-state index contributed by atoms with van der Waals surface area (Å²) in [5.41, 5.74) is 5.52. The van der Waals surface area contributed by atoms with Crippen LogP contribution in [0.1, 0.15) is 22.0 Å². The number of nitrogens with zero attached hydrogens (tertiary/aromatic N) is 2. The number of hydrogen-bond donors (Lipinski definition) is 1. The Morgan fingerprint density at radius 3 is 2.82 bits per heavy atom. The molecule has 6 heteroatoms. The summed E-state index contributed by atoms with van der Waals surface area (Å²) in [4.78, 5) is 19.9. The monoisotopic (exact) mass is 233 g/mol. The van der Waals surface area contributed by atoms with Gasteiger partial charge in [-0.25, -0.2) is 9.97 Å². The minimum atomic E-state index is -0.380. The fraction of sp³-hybridized carbons (Fsp3) is 0.182.